The molecule has 0 aliphatic carbocycles. The SMILES string of the molecule is COc1ccc2[nH]c3c(c2c1)CN(C(=O)[C@H]1COc2ccccc2O1)CC3. The van der Waals surface area contributed by atoms with Crippen LogP contribution in [0, 0.1) is 0 Å². The monoisotopic (exact) mass is 364 g/mol. The van der Waals surface area contributed by atoms with Crippen molar-refractivity contribution < 1.29 is 19.0 Å². The number of rotatable bonds is 2. The van der Waals surface area contributed by atoms with Crippen molar-refractivity contribution in [2.45, 2.75) is 19.1 Å². The van der Waals surface area contributed by atoms with E-state index in [9.17, 15) is 4.79 Å². The van der Waals surface area contributed by atoms with Crippen molar-refractivity contribution in [2.24, 2.45) is 0 Å². The standard InChI is InChI=1S/C21H20N2O4/c1-25-13-6-7-16-14(10-13)15-11-23(9-8-17(15)22-16)21(24)20-12-26-18-4-2-3-5-19(18)27-20/h2-7,10,20,22H,8-9,11-12H2,1H3/t20-/m1/s1. The minimum atomic E-state index is -0.610. The summed E-state index contributed by atoms with van der Waals surface area (Å²) in [5, 5.41) is 1.10. The molecule has 6 heteroatoms. The Bertz CT molecular complexity index is 1030. The van der Waals surface area contributed by atoms with Crippen LogP contribution in [0.2, 0.25) is 0 Å². The predicted octanol–water partition coefficient (Wildman–Crippen LogP) is 2.90. The minimum absolute atomic E-state index is 0.0348. The molecule has 0 fully saturated rings. The molecule has 1 atom stereocenters. The fourth-order valence-electron chi connectivity index (χ4n) is 3.85. The average molecular weight is 364 g/mol. The van der Waals surface area contributed by atoms with Crippen molar-refractivity contribution in [1.82, 2.24) is 9.88 Å². The van der Waals surface area contributed by atoms with Gasteiger partial charge in [-0.1, -0.05) is 12.1 Å². The lowest BCUT2D eigenvalue weighted by Crippen LogP contribution is -2.47. The zero-order valence-corrected chi connectivity index (χ0v) is 15.0. The topological polar surface area (TPSA) is 63.8 Å². The lowest BCUT2D eigenvalue weighted by Gasteiger charge is -2.32. The van der Waals surface area contributed by atoms with Crippen LogP contribution in [0.15, 0.2) is 42.5 Å². The first kappa shape index (κ1) is 16.1. The summed E-state index contributed by atoms with van der Waals surface area (Å²) in [7, 11) is 1.66. The van der Waals surface area contributed by atoms with E-state index in [1.807, 2.05) is 47.4 Å². The normalized spacial score (nSPS) is 18.3. The number of nitrogens with zero attached hydrogens (tertiary/aromatic N) is 1. The van der Waals surface area contributed by atoms with Gasteiger partial charge in [0.1, 0.15) is 12.4 Å². The molecule has 0 saturated carbocycles. The van der Waals surface area contributed by atoms with Gasteiger partial charge in [-0.3, -0.25) is 4.79 Å². The summed E-state index contributed by atoms with van der Waals surface area (Å²) in [5.74, 6) is 2.09. The van der Waals surface area contributed by atoms with Gasteiger partial charge in [-0.05, 0) is 30.3 Å². The molecule has 1 amide bonds. The van der Waals surface area contributed by atoms with Gasteiger partial charge in [0, 0.05) is 41.7 Å². The van der Waals surface area contributed by atoms with Crippen LogP contribution in [0.1, 0.15) is 11.3 Å². The minimum Gasteiger partial charge on any atom is -0.497 e. The van der Waals surface area contributed by atoms with Gasteiger partial charge in [0.15, 0.2) is 11.5 Å². The number of fused-ring (bicyclic) bond motifs is 4. The molecule has 2 aromatic carbocycles. The van der Waals surface area contributed by atoms with Crippen molar-refractivity contribution in [2.75, 3.05) is 20.3 Å². The molecule has 1 aromatic heterocycles. The Morgan fingerprint density at radius 3 is 2.93 bits per heavy atom. The average Bonchev–Trinajstić information content (AvgIpc) is 3.09. The third-order valence-corrected chi connectivity index (χ3v) is 5.28. The Morgan fingerprint density at radius 1 is 1.22 bits per heavy atom. The Hall–Kier alpha value is -3.15. The number of amides is 1. The molecule has 0 spiro atoms. The number of methoxy groups -OCH3 is 1. The number of ether oxygens (including phenoxy) is 3. The van der Waals surface area contributed by atoms with Gasteiger partial charge in [-0.15, -0.1) is 0 Å². The van der Waals surface area contributed by atoms with Crippen LogP contribution < -0.4 is 14.2 Å². The maximum atomic E-state index is 13.0. The largest absolute Gasteiger partial charge is 0.497 e. The van der Waals surface area contributed by atoms with E-state index in [2.05, 4.69) is 4.98 Å². The zero-order valence-electron chi connectivity index (χ0n) is 15.0. The zero-order chi connectivity index (χ0) is 18.4. The first-order chi connectivity index (χ1) is 13.2. The van der Waals surface area contributed by atoms with Gasteiger partial charge >= 0.3 is 0 Å². The van der Waals surface area contributed by atoms with Crippen molar-refractivity contribution in [3.8, 4) is 17.2 Å². The summed E-state index contributed by atoms with van der Waals surface area (Å²) in [4.78, 5) is 18.4. The summed E-state index contributed by atoms with van der Waals surface area (Å²) in [5.41, 5.74) is 3.41. The molecule has 138 valence electrons. The number of carbonyl (C=O) groups is 1. The van der Waals surface area contributed by atoms with Crippen LogP contribution in [0.5, 0.6) is 17.2 Å². The fourth-order valence-corrected chi connectivity index (χ4v) is 3.85. The molecule has 1 N–H and O–H groups in total. The molecule has 0 radical (unpaired) electrons. The molecular formula is C21H20N2O4. The lowest BCUT2D eigenvalue weighted by molar-refractivity contribution is -0.142. The number of aromatic amines is 1. The lowest BCUT2D eigenvalue weighted by atomic mass is 10.0. The number of hydrogen-bond acceptors (Lipinski definition) is 4. The summed E-state index contributed by atoms with van der Waals surface area (Å²) in [6.07, 6.45) is 0.184. The van der Waals surface area contributed by atoms with Crippen LogP contribution in [-0.4, -0.2) is 42.2 Å². The molecule has 2 aliphatic heterocycles. The smallest absolute Gasteiger partial charge is 0.267 e. The highest BCUT2D eigenvalue weighted by atomic mass is 16.6. The van der Waals surface area contributed by atoms with Crippen LogP contribution in [0.4, 0.5) is 0 Å². The summed E-state index contributed by atoms with van der Waals surface area (Å²) >= 11 is 0. The molecule has 2 aliphatic rings. The first-order valence-electron chi connectivity index (χ1n) is 9.07. The molecule has 0 unspecified atom stereocenters. The summed E-state index contributed by atoms with van der Waals surface area (Å²) in [6, 6.07) is 13.4. The molecule has 0 bridgehead atoms. The van der Waals surface area contributed by atoms with E-state index in [-0.39, 0.29) is 12.5 Å². The Labute approximate surface area is 156 Å². The number of benzene rings is 2. The van der Waals surface area contributed by atoms with Gasteiger partial charge in [-0.2, -0.15) is 0 Å². The number of nitrogens with one attached hydrogen (secondary N) is 1. The molecule has 3 aromatic rings. The number of aromatic nitrogens is 1. The molecule has 6 nitrogen and oxygen atoms in total. The van der Waals surface area contributed by atoms with Gasteiger partial charge < -0.3 is 24.1 Å². The van der Waals surface area contributed by atoms with Gasteiger partial charge in [-0.25, -0.2) is 0 Å². The number of carbonyl (C=O) groups excluding carboxylic acids is 1. The van der Waals surface area contributed by atoms with E-state index < -0.39 is 6.10 Å². The van der Waals surface area contributed by atoms with Crippen LogP contribution in [0.25, 0.3) is 10.9 Å². The second-order valence-electron chi connectivity index (χ2n) is 6.87. The second-order valence-corrected chi connectivity index (χ2v) is 6.87. The summed E-state index contributed by atoms with van der Waals surface area (Å²) in [6.45, 7) is 1.46. The number of hydrogen-bond donors (Lipinski definition) is 1. The van der Waals surface area contributed by atoms with Crippen LogP contribution >= 0.6 is 0 Å². The highest BCUT2D eigenvalue weighted by molar-refractivity contribution is 5.88. The molecule has 3 heterocycles. The third-order valence-electron chi connectivity index (χ3n) is 5.28. The molecular weight excluding hydrogens is 344 g/mol. The molecule has 5 rings (SSSR count). The van der Waals surface area contributed by atoms with Crippen LogP contribution in [0.3, 0.4) is 0 Å². The van der Waals surface area contributed by atoms with E-state index in [1.54, 1.807) is 7.11 Å². The van der Waals surface area contributed by atoms with Crippen molar-refractivity contribution in [3.05, 3.63) is 53.7 Å². The van der Waals surface area contributed by atoms with Crippen molar-refractivity contribution in [3.63, 3.8) is 0 Å². The quantitative estimate of drug-likeness (QED) is 0.759. The Balaban J connectivity index is 1.40. The Morgan fingerprint density at radius 2 is 2.07 bits per heavy atom. The van der Waals surface area contributed by atoms with Gasteiger partial charge in [0.05, 0.1) is 7.11 Å². The van der Waals surface area contributed by atoms with E-state index in [0.717, 1.165) is 28.6 Å². The van der Waals surface area contributed by atoms with Gasteiger partial charge in [0.25, 0.3) is 5.91 Å². The second kappa shape index (κ2) is 6.23. The van der Waals surface area contributed by atoms with Crippen LogP contribution in [-0.2, 0) is 17.8 Å². The first-order valence-corrected chi connectivity index (χ1v) is 9.07. The number of para-hydroxylation sites is 2. The van der Waals surface area contributed by atoms with E-state index in [4.69, 9.17) is 14.2 Å². The van der Waals surface area contributed by atoms with Crippen molar-refractivity contribution in [1.29, 1.82) is 0 Å². The fraction of sp³-hybridized carbons (Fsp3) is 0.286. The molecule has 27 heavy (non-hydrogen) atoms. The third kappa shape index (κ3) is 2.68. The van der Waals surface area contributed by atoms with Gasteiger partial charge in [0.2, 0.25) is 6.10 Å². The molecule has 0 saturated heterocycles. The number of H-pyrrole nitrogens is 1. The predicted molar refractivity (Wildman–Crippen MR) is 100 cm³/mol. The maximum absolute atomic E-state index is 13.0. The van der Waals surface area contributed by atoms with E-state index in [0.29, 0.717) is 24.6 Å². The van der Waals surface area contributed by atoms with Crippen molar-refractivity contribution >= 4 is 16.8 Å². The van der Waals surface area contributed by atoms with E-state index >= 15 is 0 Å². The highest BCUT2D eigenvalue weighted by Gasteiger charge is 2.33. The maximum Gasteiger partial charge on any atom is 0.267 e. The Kier molecular flexibility index (Phi) is 3.70. The van der Waals surface area contributed by atoms with E-state index in [1.165, 1.54) is 5.69 Å². The summed E-state index contributed by atoms with van der Waals surface area (Å²) < 4.78 is 17.0. The highest BCUT2D eigenvalue weighted by Crippen LogP contribution is 2.33.